The maximum absolute atomic E-state index is 11.8. The lowest BCUT2D eigenvalue weighted by Gasteiger charge is -2.70. The van der Waals surface area contributed by atoms with Crippen molar-refractivity contribution in [2.24, 2.45) is 56.7 Å². The Bertz CT molecular complexity index is 864. The van der Waals surface area contributed by atoms with Crippen molar-refractivity contribution in [2.45, 2.75) is 112 Å². The largest absolute Gasteiger partial charge is 0.396 e. The molecule has 0 amide bonds. The summed E-state index contributed by atoms with van der Waals surface area (Å²) in [5, 5.41) is 45.1. The summed E-state index contributed by atoms with van der Waals surface area (Å²) in [6, 6.07) is 0. The van der Waals surface area contributed by atoms with Gasteiger partial charge in [-0.2, -0.15) is 0 Å². The molecule has 4 heteroatoms. The van der Waals surface area contributed by atoms with Crippen LogP contribution in [0.4, 0.5) is 0 Å². The van der Waals surface area contributed by atoms with E-state index in [0.29, 0.717) is 11.8 Å². The zero-order chi connectivity index (χ0) is 25.1. The van der Waals surface area contributed by atoms with Crippen LogP contribution in [0.3, 0.4) is 0 Å². The molecule has 5 aliphatic carbocycles. The Balaban J connectivity index is 1.62. The fourth-order valence-corrected chi connectivity index (χ4v) is 11.2. The molecule has 0 saturated heterocycles. The van der Waals surface area contributed by atoms with E-state index in [4.69, 9.17) is 0 Å². The second-order valence-electron chi connectivity index (χ2n) is 14.8. The van der Waals surface area contributed by atoms with Gasteiger partial charge in [0.25, 0.3) is 0 Å². The number of fused-ring (bicyclic) bond motifs is 7. The molecule has 0 spiro atoms. The highest BCUT2D eigenvalue weighted by molar-refractivity contribution is 5.35. The van der Waals surface area contributed by atoms with Gasteiger partial charge < -0.3 is 20.4 Å². The second kappa shape index (κ2) is 7.55. The van der Waals surface area contributed by atoms with Crippen LogP contribution in [0.1, 0.15) is 93.4 Å². The van der Waals surface area contributed by atoms with Crippen LogP contribution < -0.4 is 0 Å². The molecule has 0 aliphatic heterocycles. The summed E-state index contributed by atoms with van der Waals surface area (Å²) in [6.07, 6.45) is 7.45. The zero-order valence-electron chi connectivity index (χ0n) is 22.6. The van der Waals surface area contributed by atoms with Crippen LogP contribution in [0.25, 0.3) is 0 Å². The van der Waals surface area contributed by atoms with E-state index < -0.39 is 12.2 Å². The van der Waals surface area contributed by atoms with Crippen molar-refractivity contribution in [3.63, 3.8) is 0 Å². The predicted molar refractivity (Wildman–Crippen MR) is 135 cm³/mol. The summed E-state index contributed by atoms with van der Waals surface area (Å²) >= 11 is 0. The lowest BCUT2D eigenvalue weighted by Crippen LogP contribution is -2.66. The SMILES string of the molecule is CC(C)[C@@H]1C[C@@H](O)[C@@H]2[C@@]1(CO)CC[C@@]1(C)[C@@H]3C(=CC[C@]21C)[C@@]1(C)CC[C@H](O)C(C)(C)[C@H]1C[C@@H]3O. The Kier molecular flexibility index (Phi) is 5.61. The molecule has 0 aromatic carbocycles. The summed E-state index contributed by atoms with van der Waals surface area (Å²) in [7, 11) is 0. The number of aliphatic hydroxyl groups excluding tert-OH is 4. The third-order valence-corrected chi connectivity index (χ3v) is 13.2. The first-order valence-electron chi connectivity index (χ1n) is 14.1. The highest BCUT2D eigenvalue weighted by atomic mass is 16.3. The van der Waals surface area contributed by atoms with Crippen molar-refractivity contribution in [1.82, 2.24) is 0 Å². The van der Waals surface area contributed by atoms with E-state index in [1.807, 2.05) is 0 Å². The van der Waals surface area contributed by atoms with E-state index in [2.05, 4.69) is 54.5 Å². The lowest BCUT2D eigenvalue weighted by atomic mass is 9.35. The Labute approximate surface area is 207 Å². The van der Waals surface area contributed by atoms with Crippen molar-refractivity contribution >= 4 is 0 Å². The summed E-state index contributed by atoms with van der Waals surface area (Å²) in [5.74, 6) is 1.17. The van der Waals surface area contributed by atoms with Crippen LogP contribution in [0.15, 0.2) is 11.6 Å². The molecule has 34 heavy (non-hydrogen) atoms. The number of rotatable bonds is 2. The number of hydrogen-bond acceptors (Lipinski definition) is 4. The molecule has 0 heterocycles. The van der Waals surface area contributed by atoms with Crippen LogP contribution in [-0.2, 0) is 0 Å². The van der Waals surface area contributed by atoms with E-state index in [1.165, 1.54) is 5.57 Å². The van der Waals surface area contributed by atoms with Crippen LogP contribution in [0.5, 0.6) is 0 Å². The molecule has 0 radical (unpaired) electrons. The first kappa shape index (κ1) is 25.2. The predicted octanol–water partition coefficient (Wildman–Crippen LogP) is 4.94. The van der Waals surface area contributed by atoms with Gasteiger partial charge in [-0.05, 0) is 90.3 Å². The van der Waals surface area contributed by atoms with Crippen molar-refractivity contribution in [1.29, 1.82) is 0 Å². The molecule has 4 fully saturated rings. The number of aliphatic hydroxyl groups is 4. The fourth-order valence-electron chi connectivity index (χ4n) is 11.2. The highest BCUT2D eigenvalue weighted by Gasteiger charge is 2.72. The Hall–Kier alpha value is -0.420. The van der Waals surface area contributed by atoms with Gasteiger partial charge in [-0.15, -0.1) is 0 Å². The molecular weight excluding hydrogens is 424 g/mol. The van der Waals surface area contributed by atoms with Gasteiger partial charge in [-0.1, -0.05) is 60.1 Å². The minimum absolute atomic E-state index is 0.00274. The maximum atomic E-state index is 11.8. The van der Waals surface area contributed by atoms with Gasteiger partial charge in [-0.3, -0.25) is 0 Å². The van der Waals surface area contributed by atoms with Crippen molar-refractivity contribution in [3.8, 4) is 0 Å². The summed E-state index contributed by atoms with van der Waals surface area (Å²) < 4.78 is 0. The highest BCUT2D eigenvalue weighted by Crippen LogP contribution is 2.76. The van der Waals surface area contributed by atoms with E-state index in [1.54, 1.807) is 0 Å². The summed E-state index contributed by atoms with van der Waals surface area (Å²) in [4.78, 5) is 0. The molecule has 4 nitrogen and oxygen atoms in total. The third-order valence-electron chi connectivity index (χ3n) is 13.2. The standard InChI is InChI=1S/C30H50O4/c1-17(2)19-14-21(33)25-29(7)11-8-18-24(28(29,6)12-13-30(19,25)16-31)20(32)15-22-26(3,4)23(34)9-10-27(18,22)5/h8,17,19-25,31-34H,9-16H2,1-7H3/t19-,20-,21+,22+,23-,24+,25-,27+,28-,29+,30+/m0/s1. The molecule has 4 N–H and O–H groups in total. The van der Waals surface area contributed by atoms with E-state index in [0.717, 1.165) is 44.9 Å². The second-order valence-corrected chi connectivity index (χ2v) is 14.8. The monoisotopic (exact) mass is 474 g/mol. The zero-order valence-corrected chi connectivity index (χ0v) is 22.6. The quantitative estimate of drug-likeness (QED) is 0.428. The Morgan fingerprint density at radius 1 is 0.912 bits per heavy atom. The molecule has 0 unspecified atom stereocenters. The van der Waals surface area contributed by atoms with Gasteiger partial charge in [0, 0.05) is 17.9 Å². The molecule has 0 bridgehead atoms. The lowest BCUT2D eigenvalue weighted by molar-refractivity contribution is -0.212. The summed E-state index contributed by atoms with van der Waals surface area (Å²) in [5.41, 5.74) is 0.695. The van der Waals surface area contributed by atoms with E-state index in [-0.39, 0.29) is 57.5 Å². The van der Waals surface area contributed by atoms with Crippen LogP contribution in [0, 0.1) is 56.7 Å². The number of hydrogen-bond donors (Lipinski definition) is 4. The average molecular weight is 475 g/mol. The molecular formula is C30H50O4. The first-order chi connectivity index (χ1) is 15.7. The van der Waals surface area contributed by atoms with E-state index in [9.17, 15) is 20.4 Å². The van der Waals surface area contributed by atoms with E-state index >= 15 is 0 Å². The van der Waals surface area contributed by atoms with Gasteiger partial charge in [0.15, 0.2) is 0 Å². The Morgan fingerprint density at radius 3 is 2.21 bits per heavy atom. The molecule has 194 valence electrons. The van der Waals surface area contributed by atoms with Crippen LogP contribution in [-0.4, -0.2) is 45.3 Å². The molecule has 0 aromatic rings. The third kappa shape index (κ3) is 2.81. The minimum Gasteiger partial charge on any atom is -0.396 e. The first-order valence-corrected chi connectivity index (χ1v) is 14.1. The smallest absolute Gasteiger partial charge is 0.0614 e. The van der Waals surface area contributed by atoms with Crippen molar-refractivity contribution in [3.05, 3.63) is 11.6 Å². The molecule has 11 atom stereocenters. The number of allylic oxidation sites excluding steroid dienone is 1. The molecule has 0 aromatic heterocycles. The van der Waals surface area contributed by atoms with Crippen molar-refractivity contribution in [2.75, 3.05) is 6.61 Å². The Morgan fingerprint density at radius 2 is 1.59 bits per heavy atom. The van der Waals surface area contributed by atoms with Gasteiger partial charge in [0.2, 0.25) is 0 Å². The van der Waals surface area contributed by atoms with Crippen LogP contribution in [0.2, 0.25) is 0 Å². The van der Waals surface area contributed by atoms with Crippen molar-refractivity contribution < 1.29 is 20.4 Å². The van der Waals surface area contributed by atoms with Gasteiger partial charge in [-0.25, -0.2) is 0 Å². The molecule has 5 rings (SSSR count). The molecule has 4 saturated carbocycles. The van der Waals surface area contributed by atoms with Crippen LogP contribution >= 0.6 is 0 Å². The topological polar surface area (TPSA) is 80.9 Å². The summed E-state index contributed by atoms with van der Waals surface area (Å²) in [6.45, 7) is 16.2. The fraction of sp³-hybridized carbons (Fsp3) is 0.933. The minimum atomic E-state index is -0.431. The maximum Gasteiger partial charge on any atom is 0.0614 e. The average Bonchev–Trinajstić information content (AvgIpc) is 3.08. The normalized spacial score (nSPS) is 56.2. The van der Waals surface area contributed by atoms with Gasteiger partial charge in [0.05, 0.1) is 18.3 Å². The van der Waals surface area contributed by atoms with Gasteiger partial charge in [0.1, 0.15) is 0 Å². The van der Waals surface area contributed by atoms with Gasteiger partial charge >= 0.3 is 0 Å². The molecule has 5 aliphatic rings.